The average molecular weight is 427 g/mol. The number of carbonyl (C=O) groups excluding carboxylic acids is 3. The Morgan fingerprint density at radius 3 is 2.87 bits per heavy atom. The lowest BCUT2D eigenvalue weighted by Crippen LogP contribution is -2.37. The molecular formula is C20H21N5O4S. The van der Waals surface area contributed by atoms with Crippen LogP contribution in [-0.2, 0) is 17.8 Å². The Morgan fingerprint density at radius 2 is 2.17 bits per heavy atom. The summed E-state index contributed by atoms with van der Waals surface area (Å²) >= 11 is 1.12. The number of fused-ring (bicyclic) bond motifs is 1. The lowest BCUT2D eigenvalue weighted by atomic mass is 9.89. The summed E-state index contributed by atoms with van der Waals surface area (Å²) in [7, 11) is 0. The largest absolute Gasteiger partial charge is 0.459 e. The number of Topliss-reactive ketones (excluding diaryl/α,β-unsaturated/α-hetero) is 1. The summed E-state index contributed by atoms with van der Waals surface area (Å²) in [5.41, 5.74) is 2.51. The smallest absolute Gasteiger partial charge is 0.293 e. The van der Waals surface area contributed by atoms with Crippen LogP contribution in [0.15, 0.2) is 28.9 Å². The van der Waals surface area contributed by atoms with E-state index in [1.165, 1.54) is 6.26 Å². The van der Waals surface area contributed by atoms with Crippen LogP contribution < -0.4 is 10.6 Å². The van der Waals surface area contributed by atoms with Crippen molar-refractivity contribution >= 4 is 34.1 Å². The quantitative estimate of drug-likeness (QED) is 0.623. The van der Waals surface area contributed by atoms with Crippen molar-refractivity contribution in [1.82, 2.24) is 20.1 Å². The van der Waals surface area contributed by atoms with Crippen LogP contribution in [0, 0.1) is 19.8 Å². The second-order valence-corrected chi connectivity index (χ2v) is 8.19. The van der Waals surface area contributed by atoms with E-state index in [0.29, 0.717) is 35.2 Å². The number of carbonyl (C=O) groups is 3. The van der Waals surface area contributed by atoms with Crippen LogP contribution in [-0.4, -0.2) is 38.9 Å². The lowest BCUT2D eigenvalue weighted by Gasteiger charge is -2.19. The molecule has 0 bridgehead atoms. The number of ketones is 1. The van der Waals surface area contributed by atoms with Crippen molar-refractivity contribution in [2.45, 2.75) is 33.2 Å². The summed E-state index contributed by atoms with van der Waals surface area (Å²) in [6, 6.07) is 5.14. The molecule has 3 heterocycles. The second kappa shape index (κ2) is 8.23. The van der Waals surface area contributed by atoms with Gasteiger partial charge in [0.25, 0.3) is 5.91 Å². The molecule has 1 atom stereocenters. The van der Waals surface area contributed by atoms with Gasteiger partial charge in [0.05, 0.1) is 35.0 Å². The Hall–Kier alpha value is -3.27. The number of aryl methyl sites for hydroxylation is 2. The van der Waals surface area contributed by atoms with Crippen molar-refractivity contribution < 1.29 is 18.8 Å². The zero-order valence-corrected chi connectivity index (χ0v) is 17.4. The number of nitrogens with one attached hydrogen (secondary N) is 2. The van der Waals surface area contributed by atoms with Gasteiger partial charge in [0, 0.05) is 25.1 Å². The van der Waals surface area contributed by atoms with Gasteiger partial charge in [-0.2, -0.15) is 5.10 Å². The molecule has 156 valence electrons. The van der Waals surface area contributed by atoms with Gasteiger partial charge < -0.3 is 9.73 Å². The molecule has 0 spiro atoms. The zero-order chi connectivity index (χ0) is 21.3. The van der Waals surface area contributed by atoms with E-state index in [1.54, 1.807) is 12.1 Å². The molecule has 3 aromatic heterocycles. The van der Waals surface area contributed by atoms with Gasteiger partial charge in [-0.05, 0) is 32.0 Å². The van der Waals surface area contributed by atoms with E-state index in [-0.39, 0.29) is 23.9 Å². The molecule has 3 aromatic rings. The highest BCUT2D eigenvalue weighted by atomic mass is 32.1. The van der Waals surface area contributed by atoms with Crippen molar-refractivity contribution in [2.24, 2.45) is 5.92 Å². The molecule has 0 unspecified atom stereocenters. The van der Waals surface area contributed by atoms with Gasteiger partial charge in [0.1, 0.15) is 0 Å². The summed E-state index contributed by atoms with van der Waals surface area (Å²) in [5, 5.41) is 10.2. The standard InChI is InChI=1S/C20H21N5O4S/c1-11-8-12(2)25(24-11)6-5-21-18(27)13-9-14-17(15(26)10-13)30-20(22-14)23-19(28)16-4-3-7-29-16/h3-4,7-8,13H,5-6,9-10H2,1-2H3,(H,21,27)(H,22,23,28)/t13-/m0/s1. The molecule has 10 heteroatoms. The monoisotopic (exact) mass is 427 g/mol. The number of hydrogen-bond acceptors (Lipinski definition) is 7. The minimum atomic E-state index is -0.471. The Kier molecular flexibility index (Phi) is 5.49. The molecule has 2 amide bonds. The van der Waals surface area contributed by atoms with Crippen molar-refractivity contribution in [1.29, 1.82) is 0 Å². The molecule has 9 nitrogen and oxygen atoms in total. The van der Waals surface area contributed by atoms with Gasteiger partial charge in [-0.15, -0.1) is 0 Å². The minimum Gasteiger partial charge on any atom is -0.459 e. The highest BCUT2D eigenvalue weighted by Crippen LogP contribution is 2.32. The summed E-state index contributed by atoms with van der Waals surface area (Å²) < 4.78 is 6.90. The maximum Gasteiger partial charge on any atom is 0.293 e. The maximum atomic E-state index is 12.6. The minimum absolute atomic E-state index is 0.131. The van der Waals surface area contributed by atoms with E-state index in [4.69, 9.17) is 4.42 Å². The first-order valence-corrected chi connectivity index (χ1v) is 10.4. The molecule has 2 N–H and O–H groups in total. The van der Waals surface area contributed by atoms with Gasteiger partial charge in [0.2, 0.25) is 5.91 Å². The summed E-state index contributed by atoms with van der Waals surface area (Å²) in [6.45, 7) is 4.89. The average Bonchev–Trinajstić information content (AvgIpc) is 3.42. The predicted octanol–water partition coefficient (Wildman–Crippen LogP) is 2.36. The molecule has 0 saturated heterocycles. The number of furan rings is 1. The first-order chi connectivity index (χ1) is 14.4. The topological polar surface area (TPSA) is 119 Å². The summed E-state index contributed by atoms with van der Waals surface area (Å²) in [5.74, 6) is -1.05. The Morgan fingerprint density at radius 1 is 1.33 bits per heavy atom. The fraction of sp³-hybridized carbons (Fsp3) is 0.350. The number of thiazole rings is 1. The predicted molar refractivity (Wildman–Crippen MR) is 110 cm³/mol. The molecule has 1 aliphatic rings. The third kappa shape index (κ3) is 4.18. The molecule has 30 heavy (non-hydrogen) atoms. The number of amides is 2. The van der Waals surface area contributed by atoms with E-state index in [0.717, 1.165) is 22.7 Å². The lowest BCUT2D eigenvalue weighted by molar-refractivity contribution is -0.125. The summed E-state index contributed by atoms with van der Waals surface area (Å²) in [6.07, 6.45) is 1.90. The molecule has 1 aliphatic carbocycles. The van der Waals surface area contributed by atoms with Gasteiger partial charge in [-0.3, -0.25) is 24.4 Å². The van der Waals surface area contributed by atoms with Crippen LogP contribution in [0.3, 0.4) is 0 Å². The first-order valence-electron chi connectivity index (χ1n) is 9.57. The van der Waals surface area contributed by atoms with E-state index in [1.807, 2.05) is 24.6 Å². The van der Waals surface area contributed by atoms with E-state index in [9.17, 15) is 14.4 Å². The number of nitrogens with zero attached hydrogens (tertiary/aromatic N) is 3. The van der Waals surface area contributed by atoms with E-state index in [2.05, 4.69) is 20.7 Å². The van der Waals surface area contributed by atoms with Gasteiger partial charge >= 0.3 is 0 Å². The fourth-order valence-corrected chi connectivity index (χ4v) is 4.40. The van der Waals surface area contributed by atoms with E-state index >= 15 is 0 Å². The molecule has 0 saturated carbocycles. The summed E-state index contributed by atoms with van der Waals surface area (Å²) in [4.78, 5) is 42.1. The van der Waals surface area contributed by atoms with Crippen LogP contribution in [0.4, 0.5) is 5.13 Å². The van der Waals surface area contributed by atoms with Crippen molar-refractivity contribution in [3.05, 3.63) is 52.2 Å². The third-order valence-electron chi connectivity index (χ3n) is 4.88. The molecule has 0 radical (unpaired) electrons. The zero-order valence-electron chi connectivity index (χ0n) is 16.6. The van der Waals surface area contributed by atoms with Crippen molar-refractivity contribution in [3.63, 3.8) is 0 Å². The second-order valence-electron chi connectivity index (χ2n) is 7.20. The molecular weight excluding hydrogens is 406 g/mol. The highest BCUT2D eigenvalue weighted by molar-refractivity contribution is 7.17. The number of hydrogen-bond donors (Lipinski definition) is 2. The van der Waals surface area contributed by atoms with E-state index < -0.39 is 11.8 Å². The fourth-order valence-electron chi connectivity index (χ4n) is 3.47. The van der Waals surface area contributed by atoms with Crippen molar-refractivity contribution in [3.8, 4) is 0 Å². The third-order valence-corrected chi connectivity index (χ3v) is 5.94. The van der Waals surface area contributed by atoms with Crippen LogP contribution in [0.2, 0.25) is 0 Å². The van der Waals surface area contributed by atoms with Crippen LogP contribution >= 0.6 is 11.3 Å². The molecule has 0 aromatic carbocycles. The number of anilines is 1. The van der Waals surface area contributed by atoms with Gasteiger partial charge in [0.15, 0.2) is 16.7 Å². The van der Waals surface area contributed by atoms with Crippen LogP contribution in [0.5, 0.6) is 0 Å². The van der Waals surface area contributed by atoms with Crippen molar-refractivity contribution in [2.75, 3.05) is 11.9 Å². The normalized spacial score (nSPS) is 15.7. The van der Waals surface area contributed by atoms with Gasteiger partial charge in [-0.25, -0.2) is 4.98 Å². The Balaban J connectivity index is 1.36. The SMILES string of the molecule is Cc1cc(C)n(CCNC(=O)[C@@H]2CC(=O)c3sc(NC(=O)c4ccco4)nc3C2)n1. The van der Waals surface area contributed by atoms with Crippen LogP contribution in [0.1, 0.15) is 43.7 Å². The van der Waals surface area contributed by atoms with Gasteiger partial charge in [-0.1, -0.05) is 11.3 Å². The molecule has 4 rings (SSSR count). The molecule has 0 aliphatic heterocycles. The number of aromatic nitrogens is 3. The maximum absolute atomic E-state index is 12.6. The van der Waals surface area contributed by atoms with Crippen LogP contribution in [0.25, 0.3) is 0 Å². The molecule has 0 fully saturated rings. The first kappa shape index (κ1) is 20.0. The number of rotatable bonds is 6. The highest BCUT2D eigenvalue weighted by Gasteiger charge is 2.33. The Bertz CT molecular complexity index is 1100. The Labute approximate surface area is 176 Å².